The van der Waals surface area contributed by atoms with E-state index in [9.17, 15) is 0 Å². The Hall–Kier alpha value is -1.64. The minimum Gasteiger partial charge on any atom is -0.337 e. The molecule has 0 bridgehead atoms. The van der Waals surface area contributed by atoms with Gasteiger partial charge in [0.1, 0.15) is 0 Å². The minimum absolute atomic E-state index is 0.902. The first-order valence-electron chi connectivity index (χ1n) is 5.62. The van der Waals surface area contributed by atoms with E-state index >= 15 is 0 Å². The number of aliphatic imine (C=N–C) groups is 1. The maximum absolute atomic E-state index is 4.32. The molecule has 0 fully saturated rings. The van der Waals surface area contributed by atoms with Crippen molar-refractivity contribution in [2.45, 2.75) is 32.7 Å². The van der Waals surface area contributed by atoms with Gasteiger partial charge in [-0.3, -0.25) is 4.99 Å². The zero-order valence-corrected chi connectivity index (χ0v) is 9.89. The van der Waals surface area contributed by atoms with Crippen LogP contribution in [-0.2, 0) is 6.54 Å². The summed E-state index contributed by atoms with van der Waals surface area (Å²) in [5, 5.41) is 0. The Morgan fingerprint density at radius 2 is 2.38 bits per heavy atom. The van der Waals surface area contributed by atoms with E-state index in [1.54, 1.807) is 12.3 Å². The fraction of sp³-hybridized carbons (Fsp3) is 0.385. The summed E-state index contributed by atoms with van der Waals surface area (Å²) in [6.45, 7) is 10.4. The Bertz CT molecular complexity index is 374. The molecule has 0 aliphatic carbocycles. The van der Waals surface area contributed by atoms with E-state index in [4.69, 9.17) is 0 Å². The van der Waals surface area contributed by atoms with Gasteiger partial charge in [-0.05, 0) is 13.1 Å². The fourth-order valence-corrected chi connectivity index (χ4v) is 1.50. The van der Waals surface area contributed by atoms with Crippen molar-refractivity contribution in [3.8, 4) is 0 Å². The highest BCUT2D eigenvalue weighted by molar-refractivity contribution is 5.70. The highest BCUT2D eigenvalue weighted by Crippen LogP contribution is 2.13. The van der Waals surface area contributed by atoms with Crippen molar-refractivity contribution in [2.24, 2.45) is 4.99 Å². The number of allylic oxidation sites excluding steroid dienone is 2. The average molecular weight is 217 g/mol. The lowest BCUT2D eigenvalue weighted by molar-refractivity contribution is 0.602. The number of hydrogen-bond acceptors (Lipinski definition) is 2. The Balaban J connectivity index is 2.66. The van der Waals surface area contributed by atoms with Gasteiger partial charge >= 0.3 is 0 Å². The van der Waals surface area contributed by atoms with Crippen LogP contribution in [0.1, 0.15) is 31.9 Å². The number of hydrogen-bond donors (Lipinski definition) is 0. The number of unbranched alkanes of at least 4 members (excludes halogenated alkanes) is 2. The van der Waals surface area contributed by atoms with Gasteiger partial charge in [0, 0.05) is 24.5 Å². The van der Waals surface area contributed by atoms with Crippen molar-refractivity contribution >= 4 is 12.3 Å². The molecule has 0 aliphatic heterocycles. The molecule has 1 heterocycles. The molecule has 3 heteroatoms. The maximum Gasteiger partial charge on any atom is 0.0953 e. The quantitative estimate of drug-likeness (QED) is 0.391. The average Bonchev–Trinajstić information content (AvgIpc) is 2.75. The number of nitrogens with zero attached hydrogens (tertiary/aromatic N) is 3. The molecule has 0 saturated carbocycles. The second-order valence-electron chi connectivity index (χ2n) is 3.67. The smallest absolute Gasteiger partial charge is 0.0953 e. The summed E-state index contributed by atoms with van der Waals surface area (Å²) in [5.41, 5.74) is 1.81. The van der Waals surface area contributed by atoms with Gasteiger partial charge < -0.3 is 4.57 Å². The van der Waals surface area contributed by atoms with Crippen molar-refractivity contribution in [1.29, 1.82) is 0 Å². The van der Waals surface area contributed by atoms with Crippen molar-refractivity contribution in [3.63, 3.8) is 0 Å². The van der Waals surface area contributed by atoms with Crippen LogP contribution in [0.4, 0.5) is 0 Å². The second kappa shape index (κ2) is 6.77. The number of aromatic nitrogens is 2. The van der Waals surface area contributed by atoms with Crippen molar-refractivity contribution < 1.29 is 0 Å². The van der Waals surface area contributed by atoms with Crippen molar-refractivity contribution in [2.75, 3.05) is 0 Å². The summed E-state index contributed by atoms with van der Waals surface area (Å²) >= 11 is 0. The second-order valence-corrected chi connectivity index (χ2v) is 3.67. The monoisotopic (exact) mass is 217 g/mol. The van der Waals surface area contributed by atoms with Gasteiger partial charge in [0.15, 0.2) is 0 Å². The minimum atomic E-state index is 0.902. The summed E-state index contributed by atoms with van der Waals surface area (Å²) in [6, 6.07) is 0. The molecular formula is C13H19N3. The molecule has 0 N–H and O–H groups in total. The maximum atomic E-state index is 4.32. The van der Waals surface area contributed by atoms with Crippen LogP contribution in [0, 0.1) is 0 Å². The molecule has 0 aliphatic rings. The van der Waals surface area contributed by atoms with Crippen LogP contribution in [0.15, 0.2) is 36.4 Å². The highest BCUT2D eigenvalue weighted by Gasteiger charge is 2.01. The molecular weight excluding hydrogens is 198 g/mol. The summed E-state index contributed by atoms with van der Waals surface area (Å²) in [7, 11) is 0. The first kappa shape index (κ1) is 12.4. The third kappa shape index (κ3) is 3.50. The van der Waals surface area contributed by atoms with E-state index in [0.717, 1.165) is 17.8 Å². The molecule has 0 spiro atoms. The highest BCUT2D eigenvalue weighted by atomic mass is 15.0. The predicted molar refractivity (Wildman–Crippen MR) is 69.5 cm³/mol. The summed E-state index contributed by atoms with van der Waals surface area (Å²) in [6.07, 6.45) is 11.0. The summed E-state index contributed by atoms with van der Waals surface area (Å²) in [4.78, 5) is 8.06. The summed E-state index contributed by atoms with van der Waals surface area (Å²) in [5.74, 6) is 0. The topological polar surface area (TPSA) is 30.2 Å². The Morgan fingerprint density at radius 3 is 3.00 bits per heavy atom. The third-order valence-corrected chi connectivity index (χ3v) is 2.40. The molecule has 16 heavy (non-hydrogen) atoms. The van der Waals surface area contributed by atoms with Gasteiger partial charge in [0.25, 0.3) is 0 Å². The van der Waals surface area contributed by atoms with E-state index in [1.807, 2.05) is 12.5 Å². The van der Waals surface area contributed by atoms with Gasteiger partial charge in [-0.2, -0.15) is 0 Å². The van der Waals surface area contributed by atoms with Gasteiger partial charge in [-0.15, -0.1) is 0 Å². The molecule has 86 valence electrons. The van der Waals surface area contributed by atoms with Crippen LogP contribution < -0.4 is 0 Å². The standard InChI is InChI=1S/C13H19N3/c1-4-6-7-8-16-10-13(15-11-16)12(5-2)9-14-3/h5,9-11H,2-4,6-8H2,1H3/b12-9+. The normalized spacial score (nSPS) is 11.4. The first-order chi connectivity index (χ1) is 7.81. The molecule has 0 radical (unpaired) electrons. The fourth-order valence-electron chi connectivity index (χ4n) is 1.50. The Labute approximate surface area is 97.2 Å². The van der Waals surface area contributed by atoms with Gasteiger partial charge in [0.2, 0.25) is 0 Å². The van der Waals surface area contributed by atoms with Gasteiger partial charge in [0.05, 0.1) is 12.0 Å². The van der Waals surface area contributed by atoms with E-state index in [1.165, 1.54) is 19.3 Å². The van der Waals surface area contributed by atoms with Crippen molar-refractivity contribution in [3.05, 3.63) is 37.1 Å². The molecule has 1 aromatic rings. The van der Waals surface area contributed by atoms with Crippen LogP contribution in [0.2, 0.25) is 0 Å². The first-order valence-corrected chi connectivity index (χ1v) is 5.62. The largest absolute Gasteiger partial charge is 0.337 e. The lowest BCUT2D eigenvalue weighted by atomic mass is 10.2. The predicted octanol–water partition coefficient (Wildman–Crippen LogP) is 3.30. The van der Waals surface area contributed by atoms with Gasteiger partial charge in [-0.1, -0.05) is 32.4 Å². The zero-order valence-electron chi connectivity index (χ0n) is 9.89. The van der Waals surface area contributed by atoms with Crippen LogP contribution in [0.3, 0.4) is 0 Å². The van der Waals surface area contributed by atoms with E-state index in [2.05, 4.69) is 34.8 Å². The SMILES string of the molecule is C=C/C(=C\N=C)c1cn(CCCCC)cn1. The van der Waals surface area contributed by atoms with Crippen LogP contribution in [0.25, 0.3) is 5.57 Å². The molecule has 0 unspecified atom stereocenters. The molecule has 1 rings (SSSR count). The molecule has 1 aromatic heterocycles. The van der Waals surface area contributed by atoms with Crippen LogP contribution in [-0.4, -0.2) is 16.3 Å². The van der Waals surface area contributed by atoms with E-state index < -0.39 is 0 Å². The van der Waals surface area contributed by atoms with Crippen LogP contribution >= 0.6 is 0 Å². The molecule has 3 nitrogen and oxygen atoms in total. The molecule has 0 amide bonds. The third-order valence-electron chi connectivity index (χ3n) is 2.40. The lowest BCUT2D eigenvalue weighted by Gasteiger charge is -1.99. The zero-order chi connectivity index (χ0) is 11.8. The molecule has 0 atom stereocenters. The Morgan fingerprint density at radius 1 is 1.56 bits per heavy atom. The van der Waals surface area contributed by atoms with Crippen molar-refractivity contribution in [1.82, 2.24) is 9.55 Å². The lowest BCUT2D eigenvalue weighted by Crippen LogP contribution is -1.93. The van der Waals surface area contributed by atoms with E-state index in [0.29, 0.717) is 0 Å². The number of aryl methyl sites for hydroxylation is 1. The number of imidazole rings is 1. The summed E-state index contributed by atoms with van der Waals surface area (Å²) < 4.78 is 2.10. The van der Waals surface area contributed by atoms with Gasteiger partial charge in [-0.25, -0.2) is 4.98 Å². The Kier molecular flexibility index (Phi) is 5.26. The molecule has 0 aromatic carbocycles. The molecule has 0 saturated heterocycles. The van der Waals surface area contributed by atoms with E-state index in [-0.39, 0.29) is 0 Å². The van der Waals surface area contributed by atoms with Crippen LogP contribution in [0.5, 0.6) is 0 Å². The number of rotatable bonds is 7.